The van der Waals surface area contributed by atoms with Crippen LogP contribution in [0.25, 0.3) is 0 Å². The number of anilines is 1. The highest BCUT2D eigenvalue weighted by molar-refractivity contribution is 6.33. The number of ether oxygens (including phenoxy) is 1. The molecule has 1 aromatic rings. The lowest BCUT2D eigenvalue weighted by Crippen LogP contribution is -2.37. The molecule has 1 aromatic carbocycles. The Morgan fingerprint density at radius 1 is 1.04 bits per heavy atom. The van der Waals surface area contributed by atoms with E-state index in [4.69, 9.17) is 4.74 Å². The zero-order valence-corrected chi connectivity index (χ0v) is 13.9. The van der Waals surface area contributed by atoms with Gasteiger partial charge in [0.05, 0.1) is 5.69 Å². The first-order valence-corrected chi connectivity index (χ1v) is 8.50. The molecule has 0 aromatic heterocycles. The Morgan fingerprint density at radius 3 is 2.29 bits per heavy atom. The summed E-state index contributed by atoms with van der Waals surface area (Å²) < 4.78 is 20.2. The molecule has 126 valence electrons. The number of hydrogen-bond donors (Lipinski definition) is 0. The molecule has 2 aliphatic heterocycles. The average molecular weight is 329 g/mol. The summed E-state index contributed by atoms with van der Waals surface area (Å²) >= 11 is 0. The van der Waals surface area contributed by atoms with Gasteiger partial charge in [-0.15, -0.1) is 0 Å². The van der Waals surface area contributed by atoms with Gasteiger partial charge in [-0.05, 0) is 64.5 Å². The summed E-state index contributed by atoms with van der Waals surface area (Å²) in [6.45, 7) is 3.86. The van der Waals surface area contributed by atoms with Crippen molar-refractivity contribution in [3.8, 4) is 5.75 Å². The molecule has 24 heavy (non-hydrogen) atoms. The summed E-state index contributed by atoms with van der Waals surface area (Å²) in [5.74, 6) is -0.542. The van der Waals surface area contributed by atoms with Crippen molar-refractivity contribution in [2.24, 2.45) is 0 Å². The first-order chi connectivity index (χ1) is 11.4. The van der Waals surface area contributed by atoms with Gasteiger partial charge in [-0.1, -0.05) is 0 Å². The maximum Gasteiger partial charge on any atom is 0.261 e. The molecule has 1 aliphatic carbocycles. The molecular formula is C19H20FNO3. The SMILES string of the molecule is CC1(C)CCc2c(F)ccc(N3C(=O)C4=C(CCCC4)C3=O)c2O1. The second-order valence-corrected chi connectivity index (χ2v) is 7.35. The molecular weight excluding hydrogens is 309 g/mol. The summed E-state index contributed by atoms with van der Waals surface area (Å²) in [6.07, 6.45) is 4.37. The number of hydrogen-bond acceptors (Lipinski definition) is 3. The lowest BCUT2D eigenvalue weighted by molar-refractivity contribution is -0.120. The van der Waals surface area contributed by atoms with Gasteiger partial charge in [-0.2, -0.15) is 0 Å². The average Bonchev–Trinajstić information content (AvgIpc) is 2.79. The largest absolute Gasteiger partial charge is 0.485 e. The summed E-state index contributed by atoms with van der Waals surface area (Å²) in [7, 11) is 0. The summed E-state index contributed by atoms with van der Waals surface area (Å²) in [5.41, 5.74) is 1.63. The predicted octanol–water partition coefficient (Wildman–Crippen LogP) is 3.67. The first-order valence-electron chi connectivity index (χ1n) is 8.50. The van der Waals surface area contributed by atoms with Crippen LogP contribution >= 0.6 is 0 Å². The van der Waals surface area contributed by atoms with E-state index in [0.717, 1.165) is 12.8 Å². The van der Waals surface area contributed by atoms with E-state index >= 15 is 0 Å². The minimum Gasteiger partial charge on any atom is -0.485 e. The van der Waals surface area contributed by atoms with Crippen molar-refractivity contribution in [2.75, 3.05) is 4.90 Å². The Morgan fingerprint density at radius 2 is 1.67 bits per heavy atom. The number of rotatable bonds is 1. The van der Waals surface area contributed by atoms with Crippen LogP contribution in [0.4, 0.5) is 10.1 Å². The molecule has 0 fully saturated rings. The second-order valence-electron chi connectivity index (χ2n) is 7.35. The number of benzene rings is 1. The standard InChI is InChI=1S/C19H20FNO3/c1-19(2)10-9-13-14(20)7-8-15(16(13)24-19)21-17(22)11-5-3-4-6-12(11)18(21)23/h7-8H,3-6,9-10H2,1-2H3. The van der Waals surface area contributed by atoms with Crippen LogP contribution in [0.5, 0.6) is 5.75 Å². The van der Waals surface area contributed by atoms with Crippen LogP contribution in [-0.4, -0.2) is 17.4 Å². The zero-order valence-electron chi connectivity index (χ0n) is 13.9. The first kappa shape index (κ1) is 15.4. The van der Waals surface area contributed by atoms with Gasteiger partial charge in [0.1, 0.15) is 17.2 Å². The predicted molar refractivity (Wildman–Crippen MR) is 87.4 cm³/mol. The molecule has 0 atom stereocenters. The normalized spacial score (nSPS) is 22.4. The summed E-state index contributed by atoms with van der Waals surface area (Å²) in [6, 6.07) is 2.82. The highest BCUT2D eigenvalue weighted by Gasteiger charge is 2.42. The molecule has 5 heteroatoms. The molecule has 3 aliphatic rings. The smallest absolute Gasteiger partial charge is 0.261 e. The maximum absolute atomic E-state index is 14.2. The van der Waals surface area contributed by atoms with Gasteiger partial charge in [0.25, 0.3) is 11.8 Å². The molecule has 4 rings (SSSR count). The molecule has 4 nitrogen and oxygen atoms in total. The lowest BCUT2D eigenvalue weighted by Gasteiger charge is -2.35. The maximum atomic E-state index is 14.2. The van der Waals surface area contributed by atoms with Crippen LogP contribution in [0, 0.1) is 5.82 Å². The van der Waals surface area contributed by atoms with Crippen LogP contribution in [0.1, 0.15) is 51.5 Å². The molecule has 0 bridgehead atoms. The van der Waals surface area contributed by atoms with Crippen molar-refractivity contribution in [3.63, 3.8) is 0 Å². The van der Waals surface area contributed by atoms with Gasteiger partial charge in [0.2, 0.25) is 0 Å². The van der Waals surface area contributed by atoms with Crippen molar-refractivity contribution in [2.45, 2.75) is 58.0 Å². The van der Waals surface area contributed by atoms with Gasteiger partial charge in [0, 0.05) is 16.7 Å². The third-order valence-electron chi connectivity index (χ3n) is 5.17. The number of fused-ring (bicyclic) bond motifs is 1. The van der Waals surface area contributed by atoms with E-state index in [0.29, 0.717) is 53.8 Å². The van der Waals surface area contributed by atoms with Crippen molar-refractivity contribution in [1.29, 1.82) is 0 Å². The zero-order chi connectivity index (χ0) is 17.1. The Kier molecular flexibility index (Phi) is 3.31. The molecule has 2 amide bonds. The van der Waals surface area contributed by atoms with E-state index in [-0.39, 0.29) is 17.6 Å². The fourth-order valence-electron chi connectivity index (χ4n) is 3.83. The molecule has 0 saturated heterocycles. The van der Waals surface area contributed by atoms with Crippen LogP contribution in [0.2, 0.25) is 0 Å². The van der Waals surface area contributed by atoms with Crippen molar-refractivity contribution in [1.82, 2.24) is 0 Å². The number of nitrogens with zero attached hydrogens (tertiary/aromatic N) is 1. The van der Waals surface area contributed by atoms with E-state index in [1.165, 1.54) is 17.0 Å². The molecule has 0 radical (unpaired) electrons. The molecule has 0 N–H and O–H groups in total. The Labute approximate surface area is 140 Å². The fraction of sp³-hybridized carbons (Fsp3) is 0.474. The Bertz CT molecular complexity index is 766. The second kappa shape index (κ2) is 5.16. The number of imide groups is 1. The van der Waals surface area contributed by atoms with Crippen LogP contribution in [0.3, 0.4) is 0 Å². The minimum atomic E-state index is -0.450. The lowest BCUT2D eigenvalue weighted by atomic mass is 9.93. The van der Waals surface area contributed by atoms with Crippen molar-refractivity contribution >= 4 is 17.5 Å². The Balaban J connectivity index is 1.81. The fourth-order valence-corrected chi connectivity index (χ4v) is 3.83. The Hall–Kier alpha value is -2.17. The highest BCUT2D eigenvalue weighted by atomic mass is 19.1. The summed E-state index contributed by atoms with van der Waals surface area (Å²) in [5, 5.41) is 0. The number of carbonyl (C=O) groups is 2. The van der Waals surface area contributed by atoms with Gasteiger partial charge in [0.15, 0.2) is 0 Å². The monoisotopic (exact) mass is 329 g/mol. The van der Waals surface area contributed by atoms with Crippen molar-refractivity contribution < 1.29 is 18.7 Å². The van der Waals surface area contributed by atoms with Gasteiger partial charge in [-0.25, -0.2) is 9.29 Å². The molecule has 0 spiro atoms. The van der Waals surface area contributed by atoms with Crippen LogP contribution < -0.4 is 9.64 Å². The third-order valence-corrected chi connectivity index (χ3v) is 5.17. The van der Waals surface area contributed by atoms with E-state index in [1.807, 2.05) is 13.8 Å². The number of carbonyl (C=O) groups excluding carboxylic acids is 2. The van der Waals surface area contributed by atoms with E-state index in [2.05, 4.69) is 0 Å². The van der Waals surface area contributed by atoms with E-state index in [9.17, 15) is 14.0 Å². The molecule has 0 unspecified atom stereocenters. The third kappa shape index (κ3) is 2.18. The van der Waals surface area contributed by atoms with Crippen LogP contribution in [-0.2, 0) is 16.0 Å². The highest BCUT2D eigenvalue weighted by Crippen LogP contribution is 2.45. The van der Waals surface area contributed by atoms with E-state index < -0.39 is 5.60 Å². The van der Waals surface area contributed by atoms with Gasteiger partial charge in [-0.3, -0.25) is 9.59 Å². The number of halogens is 1. The minimum absolute atomic E-state index is 0.268. The molecule has 2 heterocycles. The van der Waals surface area contributed by atoms with Gasteiger partial charge >= 0.3 is 0 Å². The molecule has 0 saturated carbocycles. The quantitative estimate of drug-likeness (QED) is 0.739. The van der Waals surface area contributed by atoms with Crippen LogP contribution in [0.15, 0.2) is 23.3 Å². The van der Waals surface area contributed by atoms with Crippen molar-refractivity contribution in [3.05, 3.63) is 34.7 Å². The van der Waals surface area contributed by atoms with Gasteiger partial charge < -0.3 is 4.74 Å². The van der Waals surface area contributed by atoms with E-state index in [1.54, 1.807) is 0 Å². The topological polar surface area (TPSA) is 46.6 Å². The summed E-state index contributed by atoms with van der Waals surface area (Å²) in [4.78, 5) is 26.8. The number of amides is 2.